The number of carbonyl (C=O) groups is 2. The molecule has 0 radical (unpaired) electrons. The minimum atomic E-state index is -0.461. The molecular weight excluding hydrogens is 340 g/mol. The van der Waals surface area contributed by atoms with Gasteiger partial charge in [0, 0.05) is 18.5 Å². The molecule has 0 aliphatic heterocycles. The molecule has 2 amide bonds. The van der Waals surface area contributed by atoms with E-state index in [9.17, 15) is 9.59 Å². The smallest absolute Gasteiger partial charge is 0.248 e. The van der Waals surface area contributed by atoms with Gasteiger partial charge in [0.1, 0.15) is 5.75 Å². The van der Waals surface area contributed by atoms with Crippen molar-refractivity contribution < 1.29 is 14.3 Å². The zero-order valence-electron chi connectivity index (χ0n) is 15.0. The van der Waals surface area contributed by atoms with Crippen LogP contribution in [0.15, 0.2) is 66.7 Å². The summed E-state index contributed by atoms with van der Waals surface area (Å²) in [6.07, 6.45) is 1.03. The fourth-order valence-electron chi connectivity index (χ4n) is 2.76. The first kappa shape index (κ1) is 18.5. The molecule has 3 N–H and O–H groups in total. The maximum Gasteiger partial charge on any atom is 0.248 e. The fourth-order valence-corrected chi connectivity index (χ4v) is 2.76. The Labute approximate surface area is 158 Å². The summed E-state index contributed by atoms with van der Waals surface area (Å²) in [5.41, 5.74) is 6.57. The van der Waals surface area contributed by atoms with Crippen LogP contribution in [0.4, 0.5) is 0 Å². The van der Waals surface area contributed by atoms with E-state index in [1.165, 1.54) is 5.39 Å². The average molecular weight is 362 g/mol. The number of benzene rings is 3. The van der Waals surface area contributed by atoms with Gasteiger partial charge in [0.15, 0.2) is 0 Å². The van der Waals surface area contributed by atoms with E-state index in [2.05, 4.69) is 11.4 Å². The highest BCUT2D eigenvalue weighted by Gasteiger charge is 2.04. The van der Waals surface area contributed by atoms with Crippen molar-refractivity contribution in [2.75, 3.05) is 6.61 Å². The lowest BCUT2D eigenvalue weighted by Gasteiger charge is -2.08. The van der Waals surface area contributed by atoms with Gasteiger partial charge in [-0.2, -0.15) is 0 Å². The summed E-state index contributed by atoms with van der Waals surface area (Å²) in [5, 5.41) is 5.17. The normalized spacial score (nSPS) is 10.5. The number of nitrogens with one attached hydrogen (secondary N) is 1. The number of hydrogen-bond donors (Lipinski definition) is 2. The monoisotopic (exact) mass is 362 g/mol. The van der Waals surface area contributed by atoms with E-state index >= 15 is 0 Å². The number of nitrogens with two attached hydrogens (primary N) is 1. The lowest BCUT2D eigenvalue weighted by atomic mass is 10.1. The van der Waals surface area contributed by atoms with Gasteiger partial charge >= 0.3 is 0 Å². The molecule has 0 aromatic heterocycles. The van der Waals surface area contributed by atoms with Gasteiger partial charge in [-0.1, -0.05) is 42.5 Å². The molecule has 5 heteroatoms. The minimum absolute atomic E-state index is 0.0314. The summed E-state index contributed by atoms with van der Waals surface area (Å²) in [5.74, 6) is 0.316. The second-order valence-electron chi connectivity index (χ2n) is 6.30. The molecule has 0 aliphatic carbocycles. The van der Waals surface area contributed by atoms with Crippen LogP contribution in [0.1, 0.15) is 28.8 Å². The van der Waals surface area contributed by atoms with Crippen molar-refractivity contribution in [3.8, 4) is 5.75 Å². The summed E-state index contributed by atoms with van der Waals surface area (Å²) in [6, 6.07) is 21.0. The Kier molecular flexibility index (Phi) is 6.05. The molecular formula is C22H22N2O3. The van der Waals surface area contributed by atoms with Gasteiger partial charge in [0.05, 0.1) is 6.61 Å². The number of ether oxygens (including phenoxy) is 1. The highest BCUT2D eigenvalue weighted by molar-refractivity contribution is 5.92. The van der Waals surface area contributed by atoms with Gasteiger partial charge in [-0.25, -0.2) is 0 Å². The van der Waals surface area contributed by atoms with Crippen molar-refractivity contribution in [3.63, 3.8) is 0 Å². The molecule has 0 fully saturated rings. The van der Waals surface area contributed by atoms with Crippen LogP contribution in [0.3, 0.4) is 0 Å². The highest BCUT2D eigenvalue weighted by Crippen LogP contribution is 2.20. The number of rotatable bonds is 8. The minimum Gasteiger partial charge on any atom is -0.494 e. The predicted octanol–water partition coefficient (Wildman–Crippen LogP) is 3.41. The van der Waals surface area contributed by atoms with Crippen LogP contribution >= 0.6 is 0 Å². The summed E-state index contributed by atoms with van der Waals surface area (Å²) in [6.45, 7) is 0.905. The Morgan fingerprint density at radius 1 is 0.926 bits per heavy atom. The second-order valence-corrected chi connectivity index (χ2v) is 6.30. The second kappa shape index (κ2) is 8.85. The molecule has 138 valence electrons. The van der Waals surface area contributed by atoms with Gasteiger partial charge in [-0.15, -0.1) is 0 Å². The Morgan fingerprint density at radius 3 is 2.41 bits per heavy atom. The van der Waals surface area contributed by atoms with Crippen LogP contribution in [0.2, 0.25) is 0 Å². The standard InChI is InChI=1S/C22H22N2O3/c23-22(26)18-9-7-16(8-10-18)15-24-21(25)6-3-13-27-20-12-11-17-4-1-2-5-19(17)14-20/h1-2,4-5,7-12,14H,3,6,13,15H2,(H2,23,26)(H,24,25). The Morgan fingerprint density at radius 2 is 1.67 bits per heavy atom. The zero-order chi connectivity index (χ0) is 19.1. The molecule has 3 aromatic rings. The Hall–Kier alpha value is -3.34. The number of hydrogen-bond acceptors (Lipinski definition) is 3. The van der Waals surface area contributed by atoms with Gasteiger partial charge in [0.25, 0.3) is 0 Å². The first-order chi connectivity index (χ1) is 13.1. The van der Waals surface area contributed by atoms with E-state index in [1.807, 2.05) is 36.4 Å². The van der Waals surface area contributed by atoms with E-state index in [0.717, 1.165) is 16.7 Å². The topological polar surface area (TPSA) is 81.4 Å². The Balaban J connectivity index is 1.38. The third-order valence-electron chi connectivity index (χ3n) is 4.27. The number of amides is 2. The van der Waals surface area contributed by atoms with Crippen molar-refractivity contribution in [1.82, 2.24) is 5.32 Å². The quantitative estimate of drug-likeness (QED) is 0.603. The SMILES string of the molecule is NC(=O)c1ccc(CNC(=O)CCCOc2ccc3ccccc3c2)cc1. The molecule has 0 atom stereocenters. The molecule has 0 unspecified atom stereocenters. The molecule has 5 nitrogen and oxygen atoms in total. The van der Waals surface area contributed by atoms with Gasteiger partial charge < -0.3 is 15.8 Å². The third kappa shape index (κ3) is 5.31. The van der Waals surface area contributed by atoms with Crippen LogP contribution in [0.5, 0.6) is 5.75 Å². The molecule has 3 rings (SSSR count). The third-order valence-corrected chi connectivity index (χ3v) is 4.27. The maximum absolute atomic E-state index is 11.9. The number of fused-ring (bicyclic) bond motifs is 1. The zero-order valence-corrected chi connectivity index (χ0v) is 15.0. The predicted molar refractivity (Wildman–Crippen MR) is 105 cm³/mol. The molecule has 0 bridgehead atoms. The number of carbonyl (C=O) groups excluding carboxylic acids is 2. The summed E-state index contributed by atoms with van der Waals surface area (Å²) in [4.78, 5) is 23.0. The van der Waals surface area contributed by atoms with Crippen molar-refractivity contribution in [3.05, 3.63) is 77.9 Å². The highest BCUT2D eigenvalue weighted by atomic mass is 16.5. The van der Waals surface area contributed by atoms with Crippen LogP contribution in [0.25, 0.3) is 10.8 Å². The van der Waals surface area contributed by atoms with Gasteiger partial charge in [0.2, 0.25) is 11.8 Å². The molecule has 27 heavy (non-hydrogen) atoms. The molecule has 0 saturated carbocycles. The van der Waals surface area contributed by atoms with Crippen molar-refractivity contribution in [2.24, 2.45) is 5.73 Å². The molecule has 0 saturated heterocycles. The lowest BCUT2D eigenvalue weighted by molar-refractivity contribution is -0.121. The van der Waals surface area contributed by atoms with E-state index in [1.54, 1.807) is 24.3 Å². The lowest BCUT2D eigenvalue weighted by Crippen LogP contribution is -2.23. The summed E-state index contributed by atoms with van der Waals surface area (Å²) < 4.78 is 5.74. The Bertz CT molecular complexity index is 936. The van der Waals surface area contributed by atoms with Gasteiger partial charge in [-0.3, -0.25) is 9.59 Å². The summed E-state index contributed by atoms with van der Waals surface area (Å²) >= 11 is 0. The fraction of sp³-hybridized carbons (Fsp3) is 0.182. The molecule has 3 aromatic carbocycles. The van der Waals surface area contributed by atoms with Crippen molar-refractivity contribution in [1.29, 1.82) is 0 Å². The van der Waals surface area contributed by atoms with E-state index in [0.29, 0.717) is 31.6 Å². The first-order valence-corrected chi connectivity index (χ1v) is 8.89. The van der Waals surface area contributed by atoms with E-state index in [4.69, 9.17) is 10.5 Å². The van der Waals surface area contributed by atoms with Crippen molar-refractivity contribution >= 4 is 22.6 Å². The van der Waals surface area contributed by atoms with Crippen LogP contribution in [0, 0.1) is 0 Å². The van der Waals surface area contributed by atoms with Crippen LogP contribution < -0.4 is 15.8 Å². The first-order valence-electron chi connectivity index (χ1n) is 8.89. The largest absolute Gasteiger partial charge is 0.494 e. The molecule has 0 aliphatic rings. The average Bonchev–Trinajstić information content (AvgIpc) is 2.70. The summed E-state index contributed by atoms with van der Waals surface area (Å²) in [7, 11) is 0. The molecule has 0 heterocycles. The number of primary amides is 1. The van der Waals surface area contributed by atoms with Crippen LogP contribution in [-0.4, -0.2) is 18.4 Å². The van der Waals surface area contributed by atoms with E-state index in [-0.39, 0.29) is 5.91 Å². The molecule has 0 spiro atoms. The van der Waals surface area contributed by atoms with Crippen molar-refractivity contribution in [2.45, 2.75) is 19.4 Å². The maximum atomic E-state index is 11.9. The van der Waals surface area contributed by atoms with E-state index < -0.39 is 5.91 Å². The van der Waals surface area contributed by atoms with Crippen LogP contribution in [-0.2, 0) is 11.3 Å². The van der Waals surface area contributed by atoms with Gasteiger partial charge in [-0.05, 0) is 47.0 Å².